The van der Waals surface area contributed by atoms with Gasteiger partial charge in [-0.1, -0.05) is 47.4 Å². The van der Waals surface area contributed by atoms with Crippen molar-refractivity contribution in [2.24, 2.45) is 0 Å². The molecular weight excluding hydrogens is 310 g/mol. The molecule has 7 heteroatoms. The van der Waals surface area contributed by atoms with E-state index < -0.39 is 0 Å². The predicted molar refractivity (Wildman–Crippen MR) is 69.4 cm³/mol. The molecular formula is C7H3Cl3KOS2. The summed E-state index contributed by atoms with van der Waals surface area (Å²) in [6.45, 7) is 0. The summed E-state index contributed by atoms with van der Waals surface area (Å²) in [6, 6.07) is 2.96. The molecule has 0 N–H and O–H groups in total. The van der Waals surface area contributed by atoms with Crippen LogP contribution in [-0.4, -0.2) is 55.8 Å². The number of rotatable bonds is 1. The first kappa shape index (κ1) is 16.0. The number of benzene rings is 1. The number of ether oxygens (including phenoxy) is 1. The Kier molecular flexibility index (Phi) is 8.35. The molecule has 0 spiro atoms. The standard InChI is InChI=1S/C7H3Cl3OS2.K/c8-3-1-5(10)6(2-4(3)9)11-7(12)13;/h1-2H,(H,12,13);. The molecule has 0 aliphatic carbocycles. The SMILES string of the molecule is S=C(S)Oc1cc(Cl)c(Cl)cc1Cl.[K]. The van der Waals surface area contributed by atoms with Gasteiger partial charge in [-0.15, -0.1) is 0 Å². The third kappa shape index (κ3) is 4.87. The fourth-order valence-corrected chi connectivity index (χ4v) is 1.44. The van der Waals surface area contributed by atoms with Crippen LogP contribution in [0.1, 0.15) is 0 Å². The summed E-state index contributed by atoms with van der Waals surface area (Å²) < 4.78 is 5.07. The Labute approximate surface area is 150 Å². The van der Waals surface area contributed by atoms with Crippen LogP contribution in [0.3, 0.4) is 0 Å². The van der Waals surface area contributed by atoms with Gasteiger partial charge in [0.05, 0.1) is 15.1 Å². The first-order valence-corrected chi connectivity index (χ1v) is 5.05. The summed E-state index contributed by atoms with van der Waals surface area (Å²) in [5.41, 5.74) is 0. The summed E-state index contributed by atoms with van der Waals surface area (Å²) in [6.07, 6.45) is 0. The zero-order valence-corrected chi connectivity index (χ0v) is 14.2. The number of thiocarbonyl (C=S) groups is 1. The third-order valence-electron chi connectivity index (χ3n) is 1.17. The van der Waals surface area contributed by atoms with Gasteiger partial charge in [0, 0.05) is 57.5 Å². The Morgan fingerprint density at radius 1 is 1.14 bits per heavy atom. The molecule has 1 aromatic rings. The first-order chi connectivity index (χ1) is 6.00. The fraction of sp³-hybridized carbons (Fsp3) is 0. The molecule has 1 aromatic carbocycles. The van der Waals surface area contributed by atoms with Crippen molar-refractivity contribution in [3.8, 4) is 5.75 Å². The van der Waals surface area contributed by atoms with E-state index >= 15 is 0 Å². The summed E-state index contributed by atoms with van der Waals surface area (Å²) in [4.78, 5) is 0. The summed E-state index contributed by atoms with van der Waals surface area (Å²) in [5.74, 6) is 0.344. The maximum absolute atomic E-state index is 5.78. The van der Waals surface area contributed by atoms with Gasteiger partial charge in [-0.2, -0.15) is 0 Å². The Bertz CT molecular complexity index is 359. The molecule has 0 atom stereocenters. The molecule has 0 saturated heterocycles. The van der Waals surface area contributed by atoms with E-state index in [-0.39, 0.29) is 55.8 Å². The van der Waals surface area contributed by atoms with Crippen LogP contribution < -0.4 is 4.74 Å². The van der Waals surface area contributed by atoms with Crippen LogP contribution >= 0.6 is 59.6 Å². The molecule has 0 heterocycles. The van der Waals surface area contributed by atoms with Crippen LogP contribution in [0, 0.1) is 0 Å². The molecule has 0 saturated carbocycles. The molecule has 0 aromatic heterocycles. The Balaban J connectivity index is 0.00000169. The van der Waals surface area contributed by atoms with Gasteiger partial charge in [0.25, 0.3) is 0 Å². The van der Waals surface area contributed by atoms with Gasteiger partial charge in [-0.25, -0.2) is 0 Å². The van der Waals surface area contributed by atoms with Gasteiger partial charge in [0.15, 0.2) is 0 Å². The minimum absolute atomic E-state index is 0. The zero-order chi connectivity index (χ0) is 10.0. The zero-order valence-electron chi connectivity index (χ0n) is 7.05. The van der Waals surface area contributed by atoms with Gasteiger partial charge in [0.1, 0.15) is 5.75 Å². The Hall–Kier alpha value is 1.97. The normalized spacial score (nSPS) is 9.14. The summed E-state index contributed by atoms with van der Waals surface area (Å²) >= 11 is 25.6. The Morgan fingerprint density at radius 2 is 1.64 bits per heavy atom. The minimum Gasteiger partial charge on any atom is -0.439 e. The van der Waals surface area contributed by atoms with E-state index in [2.05, 4.69) is 24.8 Å². The van der Waals surface area contributed by atoms with Gasteiger partial charge in [-0.3, -0.25) is 0 Å². The maximum atomic E-state index is 5.78. The molecule has 71 valence electrons. The number of hydrogen-bond acceptors (Lipinski definition) is 2. The second-order valence-electron chi connectivity index (χ2n) is 2.06. The van der Waals surface area contributed by atoms with Crippen molar-refractivity contribution in [3.63, 3.8) is 0 Å². The molecule has 0 aliphatic heterocycles. The topological polar surface area (TPSA) is 9.23 Å². The first-order valence-electron chi connectivity index (χ1n) is 3.06. The van der Waals surface area contributed by atoms with Crippen molar-refractivity contribution >= 4 is 115 Å². The minimum atomic E-state index is 0. The van der Waals surface area contributed by atoms with Crippen LogP contribution in [0.15, 0.2) is 12.1 Å². The van der Waals surface area contributed by atoms with Crippen LogP contribution in [0.4, 0.5) is 0 Å². The molecule has 0 fully saturated rings. The summed E-state index contributed by atoms with van der Waals surface area (Å²) in [5, 5.41) is 1.06. The largest absolute Gasteiger partial charge is 0.439 e. The smallest absolute Gasteiger partial charge is 0.222 e. The van der Waals surface area contributed by atoms with E-state index in [1.54, 1.807) is 0 Å². The molecule has 1 radical (unpaired) electrons. The van der Waals surface area contributed by atoms with Crippen molar-refractivity contribution in [2.45, 2.75) is 0 Å². The van der Waals surface area contributed by atoms with Gasteiger partial charge in [-0.05, 0) is 18.3 Å². The van der Waals surface area contributed by atoms with E-state index in [9.17, 15) is 0 Å². The third-order valence-corrected chi connectivity index (χ3v) is 2.36. The Morgan fingerprint density at radius 3 is 2.14 bits per heavy atom. The molecule has 1 nitrogen and oxygen atoms in total. The molecule has 1 rings (SSSR count). The van der Waals surface area contributed by atoms with Crippen molar-refractivity contribution < 1.29 is 4.74 Å². The van der Waals surface area contributed by atoms with Crippen molar-refractivity contribution in [1.29, 1.82) is 0 Å². The average Bonchev–Trinajstić information content (AvgIpc) is 1.99. The van der Waals surface area contributed by atoms with E-state index in [1.165, 1.54) is 12.1 Å². The molecule has 0 unspecified atom stereocenters. The molecule has 0 amide bonds. The monoisotopic (exact) mass is 311 g/mol. The van der Waals surface area contributed by atoms with Crippen LogP contribution in [-0.2, 0) is 0 Å². The van der Waals surface area contributed by atoms with Crippen molar-refractivity contribution in [2.75, 3.05) is 0 Å². The van der Waals surface area contributed by atoms with E-state index in [0.29, 0.717) is 20.8 Å². The number of halogens is 3. The fourth-order valence-electron chi connectivity index (χ4n) is 0.677. The van der Waals surface area contributed by atoms with E-state index in [0.717, 1.165) is 0 Å². The van der Waals surface area contributed by atoms with Gasteiger partial charge < -0.3 is 4.74 Å². The average molecular weight is 313 g/mol. The second kappa shape index (κ2) is 7.32. The van der Waals surface area contributed by atoms with E-state index in [1.807, 2.05) is 0 Å². The van der Waals surface area contributed by atoms with E-state index in [4.69, 9.17) is 39.5 Å². The summed E-state index contributed by atoms with van der Waals surface area (Å²) in [7, 11) is 0. The van der Waals surface area contributed by atoms with Gasteiger partial charge >= 0.3 is 0 Å². The number of hydrogen-bond donors (Lipinski definition) is 1. The van der Waals surface area contributed by atoms with Crippen molar-refractivity contribution in [3.05, 3.63) is 27.2 Å². The molecule has 0 aliphatic rings. The molecule has 0 bridgehead atoms. The van der Waals surface area contributed by atoms with Crippen LogP contribution in [0.25, 0.3) is 0 Å². The predicted octanol–water partition coefficient (Wildman–Crippen LogP) is 3.86. The van der Waals surface area contributed by atoms with Crippen molar-refractivity contribution in [1.82, 2.24) is 0 Å². The van der Waals surface area contributed by atoms with Crippen LogP contribution in [0.5, 0.6) is 5.75 Å². The quantitative estimate of drug-likeness (QED) is 0.365. The van der Waals surface area contributed by atoms with Crippen LogP contribution in [0.2, 0.25) is 15.1 Å². The van der Waals surface area contributed by atoms with Gasteiger partial charge in [0.2, 0.25) is 4.38 Å². The number of thiol groups is 1. The maximum Gasteiger partial charge on any atom is 0.222 e. The second-order valence-corrected chi connectivity index (χ2v) is 4.37. The molecule has 14 heavy (non-hydrogen) atoms.